The second kappa shape index (κ2) is 4.72. The number of urea groups is 1. The molecule has 1 saturated heterocycles. The number of imide groups is 2. The Balaban J connectivity index is 2.23. The molecular weight excluding hydrogens is 248 g/mol. The Morgan fingerprint density at radius 3 is 1.95 bits per heavy atom. The molecule has 2 rings (SSSR count). The molecule has 6 nitrogen and oxygen atoms in total. The molecule has 1 aromatic rings. The van der Waals surface area contributed by atoms with Crippen molar-refractivity contribution in [2.45, 2.75) is 6.42 Å². The van der Waals surface area contributed by atoms with Crippen LogP contribution in [-0.2, 0) is 16.0 Å². The average Bonchev–Trinajstić information content (AvgIpc) is 2.41. The van der Waals surface area contributed by atoms with Crippen molar-refractivity contribution in [1.29, 1.82) is 0 Å². The van der Waals surface area contributed by atoms with E-state index in [4.69, 9.17) is 0 Å². The fraction of sp³-hybridized carbons (Fsp3) is 0.308. The monoisotopic (exact) mass is 262 g/mol. The highest BCUT2D eigenvalue weighted by Crippen LogP contribution is 2.20. The Labute approximate surface area is 110 Å². The number of amides is 4. The first kappa shape index (κ1) is 13.1. The zero-order chi connectivity index (χ0) is 14.2. The molecule has 6 heteroatoms. The molecule has 19 heavy (non-hydrogen) atoms. The van der Waals surface area contributed by atoms with Crippen LogP contribution in [0.1, 0.15) is 5.56 Å². The number of carbonyl (C=O) groups excluding carboxylic acids is 3. The molecule has 0 aromatic heterocycles. The third-order valence-corrected chi connectivity index (χ3v) is 3.21. The van der Waals surface area contributed by atoms with E-state index in [2.05, 4.69) is 0 Å². The first-order valence-electron chi connectivity index (χ1n) is 5.79. The lowest BCUT2D eigenvalue weighted by molar-refractivity contribution is -0.147. The molecule has 0 radical (unpaired) electrons. The van der Waals surface area contributed by atoms with Crippen molar-refractivity contribution in [3.63, 3.8) is 0 Å². The lowest BCUT2D eigenvalue weighted by atomic mass is 9.95. The summed E-state index contributed by atoms with van der Waals surface area (Å²) in [6.07, 6.45) is 0.208. The van der Waals surface area contributed by atoms with E-state index < -0.39 is 23.8 Å². The summed E-state index contributed by atoms with van der Waals surface area (Å²) in [4.78, 5) is 37.4. The van der Waals surface area contributed by atoms with E-state index in [1.54, 1.807) is 12.1 Å². The van der Waals surface area contributed by atoms with E-state index in [1.165, 1.54) is 26.2 Å². The van der Waals surface area contributed by atoms with E-state index in [9.17, 15) is 19.5 Å². The minimum Gasteiger partial charge on any atom is -0.508 e. The van der Waals surface area contributed by atoms with Gasteiger partial charge in [-0.1, -0.05) is 12.1 Å². The zero-order valence-corrected chi connectivity index (χ0v) is 10.7. The van der Waals surface area contributed by atoms with Crippen LogP contribution in [-0.4, -0.2) is 46.8 Å². The molecule has 0 spiro atoms. The Bertz CT molecular complexity index is 514. The highest BCUT2D eigenvalue weighted by molar-refractivity contribution is 6.15. The van der Waals surface area contributed by atoms with Gasteiger partial charge >= 0.3 is 6.03 Å². The Kier molecular flexibility index (Phi) is 3.25. The summed E-state index contributed by atoms with van der Waals surface area (Å²) in [5, 5.41) is 9.19. The molecule has 1 fully saturated rings. The number of hydrogen-bond donors (Lipinski definition) is 1. The quantitative estimate of drug-likeness (QED) is 0.792. The van der Waals surface area contributed by atoms with Crippen molar-refractivity contribution >= 4 is 17.8 Å². The van der Waals surface area contributed by atoms with E-state index >= 15 is 0 Å². The smallest absolute Gasteiger partial charge is 0.332 e. The summed E-state index contributed by atoms with van der Waals surface area (Å²) in [6, 6.07) is 5.66. The second-order valence-electron chi connectivity index (χ2n) is 4.50. The van der Waals surface area contributed by atoms with Crippen LogP contribution >= 0.6 is 0 Å². The first-order chi connectivity index (χ1) is 8.91. The maximum absolute atomic E-state index is 12.0. The van der Waals surface area contributed by atoms with Gasteiger partial charge in [-0.2, -0.15) is 0 Å². The van der Waals surface area contributed by atoms with E-state index in [0.717, 1.165) is 15.4 Å². The van der Waals surface area contributed by atoms with Gasteiger partial charge in [-0.15, -0.1) is 0 Å². The first-order valence-corrected chi connectivity index (χ1v) is 5.79. The van der Waals surface area contributed by atoms with Gasteiger partial charge in [0.25, 0.3) is 0 Å². The molecule has 0 bridgehead atoms. The van der Waals surface area contributed by atoms with Gasteiger partial charge in [-0.3, -0.25) is 19.4 Å². The van der Waals surface area contributed by atoms with Crippen molar-refractivity contribution in [2.24, 2.45) is 5.92 Å². The summed E-state index contributed by atoms with van der Waals surface area (Å²) < 4.78 is 0. The molecule has 1 heterocycles. The lowest BCUT2D eigenvalue weighted by Gasteiger charge is -2.32. The average molecular weight is 262 g/mol. The van der Waals surface area contributed by atoms with E-state index in [0.29, 0.717) is 0 Å². The Hall–Kier alpha value is -2.37. The van der Waals surface area contributed by atoms with Crippen LogP contribution in [0.2, 0.25) is 0 Å². The predicted molar refractivity (Wildman–Crippen MR) is 66.2 cm³/mol. The summed E-state index contributed by atoms with van der Waals surface area (Å²) in [6.45, 7) is 0. The predicted octanol–water partition coefficient (Wildman–Crippen LogP) is 0.601. The van der Waals surface area contributed by atoms with Gasteiger partial charge in [0.05, 0.1) is 0 Å². The highest BCUT2D eigenvalue weighted by Gasteiger charge is 2.42. The number of nitrogens with zero attached hydrogens (tertiary/aromatic N) is 2. The summed E-state index contributed by atoms with van der Waals surface area (Å²) in [5.41, 5.74) is 0.751. The minimum atomic E-state index is -0.891. The molecular formula is C13H14N2O4. The second-order valence-corrected chi connectivity index (χ2v) is 4.50. The van der Waals surface area contributed by atoms with Crippen LogP contribution in [0.15, 0.2) is 24.3 Å². The minimum absolute atomic E-state index is 0.120. The zero-order valence-electron chi connectivity index (χ0n) is 10.7. The van der Waals surface area contributed by atoms with Crippen LogP contribution in [0.3, 0.4) is 0 Å². The number of hydrogen-bond acceptors (Lipinski definition) is 4. The maximum atomic E-state index is 12.0. The van der Waals surface area contributed by atoms with Crippen molar-refractivity contribution < 1.29 is 19.5 Å². The fourth-order valence-corrected chi connectivity index (χ4v) is 2.03. The Morgan fingerprint density at radius 1 is 1.00 bits per heavy atom. The third kappa shape index (κ3) is 2.29. The number of carbonyl (C=O) groups is 3. The van der Waals surface area contributed by atoms with Gasteiger partial charge in [0, 0.05) is 14.1 Å². The lowest BCUT2D eigenvalue weighted by Crippen LogP contribution is -2.57. The fourth-order valence-electron chi connectivity index (χ4n) is 2.03. The van der Waals surface area contributed by atoms with Crippen molar-refractivity contribution in [1.82, 2.24) is 9.80 Å². The number of barbiturate groups is 1. The normalized spacial score (nSPS) is 17.3. The van der Waals surface area contributed by atoms with Gasteiger partial charge in [-0.05, 0) is 24.1 Å². The Morgan fingerprint density at radius 2 is 1.47 bits per heavy atom. The SMILES string of the molecule is CN1C(=O)C(Cc2ccc(O)cc2)C(=O)N(C)C1=O. The largest absolute Gasteiger partial charge is 0.508 e. The molecule has 0 atom stereocenters. The standard InChI is InChI=1S/C13H14N2O4/c1-14-11(17)10(12(18)15(2)13(14)19)7-8-3-5-9(16)6-4-8/h3-6,10,16H,7H2,1-2H3. The number of benzene rings is 1. The van der Waals surface area contributed by atoms with Gasteiger partial charge in [0.15, 0.2) is 0 Å². The summed E-state index contributed by atoms with van der Waals surface area (Å²) in [5.74, 6) is -1.77. The van der Waals surface area contributed by atoms with Crippen LogP contribution < -0.4 is 0 Å². The van der Waals surface area contributed by atoms with Crippen LogP contribution in [0.25, 0.3) is 0 Å². The maximum Gasteiger partial charge on any atom is 0.332 e. The number of aromatic hydroxyl groups is 1. The number of rotatable bonds is 2. The number of phenolic OH excluding ortho intramolecular Hbond substituents is 1. The molecule has 4 amide bonds. The molecule has 0 unspecified atom stereocenters. The summed E-state index contributed by atoms with van der Waals surface area (Å²) >= 11 is 0. The van der Waals surface area contributed by atoms with Crippen molar-refractivity contribution in [2.75, 3.05) is 14.1 Å². The van der Waals surface area contributed by atoms with Crippen LogP contribution in [0, 0.1) is 5.92 Å². The molecule has 1 aromatic carbocycles. The molecule has 0 aliphatic carbocycles. The summed E-state index contributed by atoms with van der Waals surface area (Å²) in [7, 11) is 2.72. The van der Waals surface area contributed by atoms with Gasteiger partial charge in [0.2, 0.25) is 11.8 Å². The van der Waals surface area contributed by atoms with Gasteiger partial charge < -0.3 is 5.11 Å². The van der Waals surface area contributed by atoms with E-state index in [-0.39, 0.29) is 12.2 Å². The molecule has 1 aliphatic heterocycles. The number of phenols is 1. The molecule has 100 valence electrons. The molecule has 0 saturated carbocycles. The van der Waals surface area contributed by atoms with Crippen LogP contribution in [0.4, 0.5) is 4.79 Å². The molecule has 1 aliphatic rings. The highest BCUT2D eigenvalue weighted by atomic mass is 16.3. The third-order valence-electron chi connectivity index (χ3n) is 3.21. The van der Waals surface area contributed by atoms with Crippen molar-refractivity contribution in [3.05, 3.63) is 29.8 Å². The van der Waals surface area contributed by atoms with E-state index in [1.807, 2.05) is 0 Å². The van der Waals surface area contributed by atoms with Gasteiger partial charge in [-0.25, -0.2) is 4.79 Å². The van der Waals surface area contributed by atoms with Crippen molar-refractivity contribution in [3.8, 4) is 5.75 Å². The topological polar surface area (TPSA) is 77.9 Å². The molecule has 1 N–H and O–H groups in total. The van der Waals surface area contributed by atoms with Gasteiger partial charge in [0.1, 0.15) is 11.7 Å². The van der Waals surface area contributed by atoms with Crippen LogP contribution in [0.5, 0.6) is 5.75 Å².